The molecule has 0 saturated heterocycles. The van der Waals surface area contributed by atoms with Crippen molar-refractivity contribution in [2.45, 2.75) is 58.9 Å². The Balaban J connectivity index is 0.00000342. The average Bonchev–Trinajstić information content (AvgIpc) is 3.21. The third-order valence-electron chi connectivity index (χ3n) is 5.98. The first-order chi connectivity index (χ1) is 16.1. The Morgan fingerprint density at radius 1 is 0.800 bits per heavy atom. The number of aromatic nitrogens is 1. The van der Waals surface area contributed by atoms with Crippen LogP contribution in [0.4, 0.5) is 0 Å². The lowest BCUT2D eigenvalue weighted by molar-refractivity contribution is 0.423. The van der Waals surface area contributed by atoms with Crippen molar-refractivity contribution in [3.63, 3.8) is 0 Å². The third kappa shape index (κ3) is 5.96. The van der Waals surface area contributed by atoms with Gasteiger partial charge in [-0.1, -0.05) is 90.1 Å². The average molecular weight is 552 g/mol. The second kappa shape index (κ2) is 10.5. The molecule has 0 fully saturated rings. The summed E-state index contributed by atoms with van der Waals surface area (Å²) in [5, 5.41) is 13.4. The number of benzene rings is 3. The maximum Gasteiger partial charge on any atom is 0.190 e. The minimum absolute atomic E-state index is 0. The molecule has 1 aromatic heterocycles. The van der Waals surface area contributed by atoms with E-state index in [1.807, 2.05) is 12.1 Å². The van der Waals surface area contributed by atoms with Crippen LogP contribution < -0.4 is 4.80 Å². The number of nitrogens with zero attached hydrogens (tertiary/aromatic N) is 2. The fraction of sp³-hybridized carbons (Fsp3) is 0.300. The predicted octanol–water partition coefficient (Wildman–Crippen LogP) is 8.19. The van der Waals surface area contributed by atoms with E-state index in [1.54, 1.807) is 11.3 Å². The first-order valence-corrected chi connectivity index (χ1v) is 12.6. The number of hydrogen-bond acceptors (Lipinski definition) is 3. The second-order valence-electron chi connectivity index (χ2n) is 10.8. The second-order valence-corrected chi connectivity index (χ2v) is 11.6. The molecule has 4 rings (SSSR count). The van der Waals surface area contributed by atoms with E-state index >= 15 is 0 Å². The molecule has 0 bridgehead atoms. The van der Waals surface area contributed by atoms with Crippen LogP contribution in [0.5, 0.6) is 5.75 Å². The van der Waals surface area contributed by atoms with E-state index in [0.29, 0.717) is 12.3 Å². The van der Waals surface area contributed by atoms with Crippen LogP contribution in [0, 0.1) is 0 Å². The predicted molar refractivity (Wildman–Crippen MR) is 154 cm³/mol. The van der Waals surface area contributed by atoms with Gasteiger partial charge < -0.3 is 5.11 Å². The van der Waals surface area contributed by atoms with Crippen molar-refractivity contribution in [1.82, 2.24) is 4.57 Å². The van der Waals surface area contributed by atoms with Crippen LogP contribution in [-0.4, -0.2) is 9.67 Å². The molecule has 0 aliphatic heterocycles. The largest absolute Gasteiger partial charge is 0.507 e. The van der Waals surface area contributed by atoms with Gasteiger partial charge in [0.25, 0.3) is 0 Å². The quantitative estimate of drug-likeness (QED) is 0.273. The fourth-order valence-electron chi connectivity index (χ4n) is 4.12. The molecule has 0 spiro atoms. The summed E-state index contributed by atoms with van der Waals surface area (Å²) in [4.78, 5) is 5.94. The molecule has 1 heterocycles. The first-order valence-electron chi connectivity index (χ1n) is 11.7. The number of thiazole rings is 1. The first kappa shape index (κ1) is 27.0. The standard InChI is InChI=1S/C30H34N2OS.BrH/c1-29(2,3)24-17-22(18-25(27(24)33)30(4,5)6)26-20-34-28(31-19-21-13-9-7-10-14-21)32(26)23-15-11-8-12-16-23;/h7-18,20,33H,19H2,1-6H3;1H. The van der Waals surface area contributed by atoms with E-state index < -0.39 is 0 Å². The van der Waals surface area contributed by atoms with E-state index in [1.165, 1.54) is 5.56 Å². The summed E-state index contributed by atoms with van der Waals surface area (Å²) in [6, 6.07) is 25.0. The van der Waals surface area contributed by atoms with Gasteiger partial charge in [-0.25, -0.2) is 0 Å². The lowest BCUT2D eigenvalue weighted by atomic mass is 9.78. The highest BCUT2D eigenvalue weighted by molar-refractivity contribution is 8.93. The summed E-state index contributed by atoms with van der Waals surface area (Å²) in [7, 11) is 0. The summed E-state index contributed by atoms with van der Waals surface area (Å²) >= 11 is 1.65. The maximum atomic E-state index is 11.2. The maximum absolute atomic E-state index is 11.2. The van der Waals surface area contributed by atoms with Gasteiger partial charge in [-0.3, -0.25) is 9.56 Å². The molecule has 0 atom stereocenters. The van der Waals surface area contributed by atoms with Gasteiger partial charge in [-0.05, 0) is 40.7 Å². The lowest BCUT2D eigenvalue weighted by Gasteiger charge is -2.28. The van der Waals surface area contributed by atoms with Gasteiger partial charge in [0, 0.05) is 27.8 Å². The Morgan fingerprint density at radius 3 is 1.83 bits per heavy atom. The van der Waals surface area contributed by atoms with Crippen molar-refractivity contribution in [3.8, 4) is 22.7 Å². The fourth-order valence-corrected chi connectivity index (χ4v) is 5.02. The molecule has 0 radical (unpaired) electrons. The summed E-state index contributed by atoms with van der Waals surface area (Å²) in [5.41, 5.74) is 5.99. The van der Waals surface area contributed by atoms with Crippen molar-refractivity contribution in [2.75, 3.05) is 0 Å². The van der Waals surface area contributed by atoms with Crippen LogP contribution in [0.2, 0.25) is 0 Å². The minimum atomic E-state index is -0.186. The molecule has 0 aliphatic carbocycles. The third-order valence-corrected chi connectivity index (χ3v) is 6.85. The smallest absolute Gasteiger partial charge is 0.190 e. The highest BCUT2D eigenvalue weighted by atomic mass is 79.9. The highest BCUT2D eigenvalue weighted by Crippen LogP contribution is 2.42. The van der Waals surface area contributed by atoms with Crippen molar-refractivity contribution < 1.29 is 5.11 Å². The van der Waals surface area contributed by atoms with Crippen LogP contribution >= 0.6 is 28.3 Å². The Morgan fingerprint density at radius 2 is 1.31 bits per heavy atom. The van der Waals surface area contributed by atoms with Gasteiger partial charge in [0.15, 0.2) is 4.80 Å². The van der Waals surface area contributed by atoms with Crippen molar-refractivity contribution in [1.29, 1.82) is 0 Å². The molecule has 3 nitrogen and oxygen atoms in total. The summed E-state index contributed by atoms with van der Waals surface area (Å²) in [5.74, 6) is 0.402. The molecule has 0 unspecified atom stereocenters. The van der Waals surface area contributed by atoms with Crippen LogP contribution in [0.1, 0.15) is 58.2 Å². The number of rotatable bonds is 4. The molecule has 0 saturated carbocycles. The van der Waals surface area contributed by atoms with E-state index in [9.17, 15) is 5.11 Å². The zero-order valence-electron chi connectivity index (χ0n) is 21.4. The van der Waals surface area contributed by atoms with Crippen molar-refractivity contribution in [2.24, 2.45) is 4.99 Å². The summed E-state index contributed by atoms with van der Waals surface area (Å²) < 4.78 is 2.23. The number of hydrogen-bond donors (Lipinski definition) is 1. The molecule has 4 aromatic rings. The Kier molecular flexibility index (Phi) is 8.13. The number of aromatic hydroxyl groups is 1. The molecule has 184 valence electrons. The zero-order valence-corrected chi connectivity index (χ0v) is 23.9. The monoisotopic (exact) mass is 550 g/mol. The van der Waals surface area contributed by atoms with Crippen LogP contribution in [0.25, 0.3) is 16.9 Å². The van der Waals surface area contributed by atoms with E-state index in [4.69, 9.17) is 4.99 Å². The van der Waals surface area contributed by atoms with E-state index in [2.05, 4.69) is 112 Å². The molecule has 35 heavy (non-hydrogen) atoms. The molecular weight excluding hydrogens is 516 g/mol. The SMILES string of the molecule is Br.CC(C)(C)c1cc(-c2csc(=NCc3ccccc3)n2-c2ccccc2)cc(C(C)(C)C)c1O. The van der Waals surface area contributed by atoms with Gasteiger partial charge in [-0.15, -0.1) is 28.3 Å². The highest BCUT2D eigenvalue weighted by Gasteiger charge is 2.27. The molecular formula is C30H35BrN2OS. The molecule has 1 N–H and O–H groups in total. The van der Waals surface area contributed by atoms with Crippen molar-refractivity contribution >= 4 is 28.3 Å². The minimum Gasteiger partial charge on any atom is -0.507 e. The van der Waals surface area contributed by atoms with Gasteiger partial charge in [-0.2, -0.15) is 0 Å². The van der Waals surface area contributed by atoms with Crippen LogP contribution in [-0.2, 0) is 17.4 Å². The summed E-state index contributed by atoms with van der Waals surface area (Å²) in [6.45, 7) is 13.5. The summed E-state index contributed by atoms with van der Waals surface area (Å²) in [6.07, 6.45) is 0. The van der Waals surface area contributed by atoms with E-state index in [0.717, 1.165) is 32.9 Å². The van der Waals surface area contributed by atoms with Crippen LogP contribution in [0.15, 0.2) is 83.2 Å². The zero-order chi connectivity index (χ0) is 24.5. The van der Waals surface area contributed by atoms with Gasteiger partial charge >= 0.3 is 0 Å². The van der Waals surface area contributed by atoms with Gasteiger partial charge in [0.2, 0.25) is 0 Å². The molecule has 0 aliphatic rings. The van der Waals surface area contributed by atoms with Gasteiger partial charge in [0.1, 0.15) is 5.75 Å². The molecule has 5 heteroatoms. The molecule has 0 amide bonds. The van der Waals surface area contributed by atoms with Crippen molar-refractivity contribution in [3.05, 3.63) is 99.7 Å². The van der Waals surface area contributed by atoms with Crippen LogP contribution in [0.3, 0.4) is 0 Å². The molecule has 3 aromatic carbocycles. The normalized spacial score (nSPS) is 12.5. The number of halogens is 1. The number of para-hydroxylation sites is 1. The Hall–Kier alpha value is -2.63. The Labute approximate surface area is 223 Å². The number of phenols is 1. The number of phenolic OH excluding ortho intramolecular Hbond substituents is 1. The topological polar surface area (TPSA) is 37.5 Å². The lowest BCUT2D eigenvalue weighted by Crippen LogP contribution is -2.18. The van der Waals surface area contributed by atoms with Gasteiger partial charge in [0.05, 0.1) is 12.2 Å². The Bertz CT molecular complexity index is 1310. The van der Waals surface area contributed by atoms with E-state index in [-0.39, 0.29) is 27.8 Å².